The lowest BCUT2D eigenvalue weighted by molar-refractivity contribution is -0.385. The van der Waals surface area contributed by atoms with Crippen molar-refractivity contribution in [2.75, 3.05) is 19.6 Å². The van der Waals surface area contributed by atoms with Gasteiger partial charge in [0.15, 0.2) is 0 Å². The summed E-state index contributed by atoms with van der Waals surface area (Å²) in [5.41, 5.74) is 5.81. The van der Waals surface area contributed by atoms with Crippen LogP contribution >= 0.6 is 0 Å². The van der Waals surface area contributed by atoms with Gasteiger partial charge in [-0.25, -0.2) is 0 Å². The second-order valence-corrected chi connectivity index (χ2v) is 14.1. The van der Waals surface area contributed by atoms with Gasteiger partial charge in [-0.2, -0.15) is 0 Å². The number of hydrogen-bond acceptors (Lipinski definition) is 7. The monoisotopic (exact) mass is 670 g/mol. The van der Waals surface area contributed by atoms with E-state index in [1.807, 2.05) is 12.1 Å². The van der Waals surface area contributed by atoms with Gasteiger partial charge in [0.2, 0.25) is 0 Å². The Morgan fingerprint density at radius 3 is 2.00 bits per heavy atom. The van der Waals surface area contributed by atoms with E-state index in [9.17, 15) is 29.9 Å². The molecule has 3 aromatic carbocycles. The van der Waals surface area contributed by atoms with Gasteiger partial charge in [-0.15, -0.1) is 0 Å². The molecule has 3 aromatic rings. The highest BCUT2D eigenvalue weighted by molar-refractivity contribution is 5.84. The number of piperidine rings is 2. The number of nitrogens with two attached hydrogens (primary N) is 1. The maximum atomic E-state index is 13.8. The zero-order valence-electron chi connectivity index (χ0n) is 28.6. The van der Waals surface area contributed by atoms with E-state index in [0.717, 1.165) is 45.2 Å². The number of nitro benzene ring substituents is 1. The molecule has 0 bridgehead atoms. The Morgan fingerprint density at radius 2 is 1.47 bits per heavy atom. The van der Waals surface area contributed by atoms with Gasteiger partial charge < -0.3 is 20.8 Å². The molecule has 2 aliphatic heterocycles. The van der Waals surface area contributed by atoms with E-state index >= 15 is 0 Å². The average Bonchev–Trinajstić information content (AvgIpc) is 3.11. The minimum absolute atomic E-state index is 0.143. The van der Waals surface area contributed by atoms with Crippen LogP contribution in [-0.4, -0.2) is 63.8 Å². The summed E-state index contributed by atoms with van der Waals surface area (Å²) in [6.07, 6.45) is 4.06. The number of carboxylic acid groups (broad SMARTS) is 2. The first kappa shape index (κ1) is 36.2. The molecule has 0 aromatic heterocycles. The molecule has 262 valence electrons. The molecule has 10 nitrogen and oxygen atoms in total. The summed E-state index contributed by atoms with van der Waals surface area (Å²) in [5, 5.41) is 37.5. The number of unbranched alkanes of at least 4 members (excludes halogenated alkanes) is 3. The summed E-state index contributed by atoms with van der Waals surface area (Å²) < 4.78 is 0. The molecule has 0 saturated carbocycles. The minimum atomic E-state index is -1.72. The molecule has 0 aliphatic carbocycles. The third-order valence-corrected chi connectivity index (χ3v) is 11.6. The molecule has 5 atom stereocenters. The molecular weight excluding hydrogens is 620 g/mol. The van der Waals surface area contributed by atoms with Crippen LogP contribution < -0.4 is 11.1 Å². The van der Waals surface area contributed by atoms with Crippen LogP contribution in [0, 0.1) is 20.9 Å². The number of aliphatic carboxylic acids is 2. The third kappa shape index (κ3) is 6.74. The smallest absolute Gasteiger partial charge is 0.313 e. The Hall–Kier alpha value is -4.12. The van der Waals surface area contributed by atoms with E-state index in [1.54, 1.807) is 13.0 Å². The van der Waals surface area contributed by atoms with Crippen LogP contribution in [0.4, 0.5) is 5.69 Å². The number of likely N-dealkylation sites (tertiary alicyclic amines) is 1. The van der Waals surface area contributed by atoms with Crippen LogP contribution in [0.1, 0.15) is 87.8 Å². The zero-order chi connectivity index (χ0) is 35.2. The van der Waals surface area contributed by atoms with Crippen molar-refractivity contribution in [1.29, 1.82) is 0 Å². The molecule has 2 aliphatic rings. The van der Waals surface area contributed by atoms with Crippen LogP contribution in [0.5, 0.6) is 0 Å². The van der Waals surface area contributed by atoms with Gasteiger partial charge in [0.25, 0.3) is 5.69 Å². The average molecular weight is 671 g/mol. The molecule has 5 rings (SSSR count). The van der Waals surface area contributed by atoms with Crippen molar-refractivity contribution in [3.63, 3.8) is 0 Å². The molecule has 2 fully saturated rings. The van der Waals surface area contributed by atoms with Crippen LogP contribution in [0.2, 0.25) is 0 Å². The normalized spacial score (nSPS) is 27.0. The Balaban J connectivity index is 1.52. The predicted octanol–water partition coefficient (Wildman–Crippen LogP) is 6.54. The number of nitrogens with zero attached hydrogens (tertiary/aromatic N) is 2. The van der Waals surface area contributed by atoms with Gasteiger partial charge in [0, 0.05) is 29.5 Å². The Labute approximate surface area is 288 Å². The first-order valence-electron chi connectivity index (χ1n) is 17.6. The van der Waals surface area contributed by atoms with Crippen molar-refractivity contribution in [2.45, 2.75) is 88.8 Å². The van der Waals surface area contributed by atoms with E-state index in [0.29, 0.717) is 18.5 Å². The van der Waals surface area contributed by atoms with E-state index in [4.69, 9.17) is 5.73 Å². The van der Waals surface area contributed by atoms with Crippen molar-refractivity contribution < 1.29 is 24.7 Å². The van der Waals surface area contributed by atoms with E-state index < -0.39 is 45.8 Å². The van der Waals surface area contributed by atoms with Gasteiger partial charge in [-0.05, 0) is 68.9 Å². The molecule has 2 heterocycles. The van der Waals surface area contributed by atoms with Crippen molar-refractivity contribution in [2.24, 2.45) is 16.6 Å². The second kappa shape index (κ2) is 15.2. The summed E-state index contributed by atoms with van der Waals surface area (Å²) in [6, 6.07) is 26.1. The SMILES string of the molecule is CCCCCCC1(C(=O)O)C(c2cccc([N+](=O)[O-])c2)C(CCN2CCC(c3ccccc3)(c3ccccc3)CC2)(C(=O)O)C(C)N[C@H]1N. The Bertz CT molecular complexity index is 1550. The zero-order valence-corrected chi connectivity index (χ0v) is 28.6. The van der Waals surface area contributed by atoms with Crippen LogP contribution in [0.3, 0.4) is 0 Å². The molecule has 2 saturated heterocycles. The topological polar surface area (TPSA) is 159 Å². The Morgan fingerprint density at radius 1 is 0.878 bits per heavy atom. The van der Waals surface area contributed by atoms with E-state index in [1.165, 1.54) is 29.3 Å². The van der Waals surface area contributed by atoms with Crippen LogP contribution in [-0.2, 0) is 15.0 Å². The molecule has 4 unspecified atom stereocenters. The molecule has 49 heavy (non-hydrogen) atoms. The van der Waals surface area contributed by atoms with Crippen molar-refractivity contribution in [1.82, 2.24) is 10.2 Å². The first-order chi connectivity index (χ1) is 23.5. The molecule has 10 heteroatoms. The van der Waals surface area contributed by atoms with Crippen molar-refractivity contribution >= 4 is 17.6 Å². The number of non-ortho nitro benzene ring substituents is 1. The summed E-state index contributed by atoms with van der Waals surface area (Å²) in [7, 11) is 0. The molecule has 0 amide bonds. The highest BCUT2D eigenvalue weighted by atomic mass is 16.6. The number of carboxylic acids is 2. The number of benzene rings is 3. The fourth-order valence-corrected chi connectivity index (χ4v) is 8.91. The fraction of sp³-hybridized carbons (Fsp3) is 0.487. The maximum Gasteiger partial charge on any atom is 0.313 e. The first-order valence-corrected chi connectivity index (χ1v) is 17.6. The standard InChI is InChI=1S/C39H50N4O6/c1-3-4-5-12-20-39(36(46)47)33(29-14-13-19-32(27-29)43(48)49)38(35(44)45,28(2)41-34(39)40)23-26-42-24-21-37(22-25-42,30-15-8-6-9-16-30)31-17-10-7-11-18-31/h6-11,13-19,27-28,33-34,41H,3-5,12,20-26,40H2,1-2H3,(H,44,45)(H,46,47)/t28?,33?,34-,38?,39?/m1/s1. The number of nitrogens with one attached hydrogen (secondary N) is 1. The Kier molecular flexibility index (Phi) is 11.2. The minimum Gasteiger partial charge on any atom is -0.481 e. The summed E-state index contributed by atoms with van der Waals surface area (Å²) in [5.74, 6) is -3.44. The van der Waals surface area contributed by atoms with Crippen LogP contribution in [0.25, 0.3) is 0 Å². The highest BCUT2D eigenvalue weighted by Gasteiger charge is 2.67. The maximum absolute atomic E-state index is 13.8. The van der Waals surface area contributed by atoms with Gasteiger partial charge in [0.1, 0.15) is 5.41 Å². The van der Waals surface area contributed by atoms with Gasteiger partial charge in [0.05, 0.1) is 16.5 Å². The largest absolute Gasteiger partial charge is 0.481 e. The molecular formula is C39H50N4O6. The van der Waals surface area contributed by atoms with Gasteiger partial charge in [-0.1, -0.05) is 105 Å². The lowest BCUT2D eigenvalue weighted by atomic mass is 9.50. The summed E-state index contributed by atoms with van der Waals surface area (Å²) in [4.78, 5) is 41.0. The highest BCUT2D eigenvalue weighted by Crippen LogP contribution is 2.58. The lowest BCUT2D eigenvalue weighted by Crippen LogP contribution is -2.73. The van der Waals surface area contributed by atoms with Gasteiger partial charge in [-0.3, -0.25) is 25.0 Å². The predicted molar refractivity (Wildman–Crippen MR) is 189 cm³/mol. The number of rotatable bonds is 14. The number of nitro groups is 1. The summed E-state index contributed by atoms with van der Waals surface area (Å²) >= 11 is 0. The number of hydrogen-bond donors (Lipinski definition) is 4. The molecule has 5 N–H and O–H groups in total. The second-order valence-electron chi connectivity index (χ2n) is 14.1. The fourth-order valence-electron chi connectivity index (χ4n) is 8.91. The lowest BCUT2D eigenvalue weighted by Gasteiger charge is -2.57. The molecule has 0 spiro atoms. The van der Waals surface area contributed by atoms with Gasteiger partial charge >= 0.3 is 11.9 Å². The van der Waals surface area contributed by atoms with Crippen LogP contribution in [0.15, 0.2) is 84.9 Å². The third-order valence-electron chi connectivity index (χ3n) is 11.6. The van der Waals surface area contributed by atoms with E-state index in [-0.39, 0.29) is 23.9 Å². The quantitative estimate of drug-likeness (QED) is 0.0849. The molecule has 0 radical (unpaired) electrons. The van der Waals surface area contributed by atoms with Crippen molar-refractivity contribution in [3.8, 4) is 0 Å². The summed E-state index contributed by atoms with van der Waals surface area (Å²) in [6.45, 7) is 5.69. The number of carbonyl (C=O) groups is 2. The van der Waals surface area contributed by atoms with E-state index in [2.05, 4.69) is 65.7 Å². The van der Waals surface area contributed by atoms with Crippen molar-refractivity contribution in [3.05, 3.63) is 112 Å².